The number of rotatable bonds is 3. The minimum Gasteiger partial charge on any atom is -0.343 e. The van der Waals surface area contributed by atoms with Crippen LogP contribution in [0.4, 0.5) is 0 Å². The Hall–Kier alpha value is -2.02. The Morgan fingerprint density at radius 3 is 2.59 bits per heavy atom. The minimum atomic E-state index is 0.151. The van der Waals surface area contributed by atoms with Crippen molar-refractivity contribution in [3.05, 3.63) is 23.3 Å². The van der Waals surface area contributed by atoms with Crippen molar-refractivity contribution in [1.82, 2.24) is 24.7 Å². The molecule has 0 saturated carbocycles. The Labute approximate surface area is 173 Å². The summed E-state index contributed by atoms with van der Waals surface area (Å²) in [6.45, 7) is 8.38. The third kappa shape index (κ3) is 4.60. The van der Waals surface area contributed by atoms with E-state index in [0.717, 1.165) is 62.5 Å². The summed E-state index contributed by atoms with van der Waals surface area (Å²) < 4.78 is 0. The largest absolute Gasteiger partial charge is 0.343 e. The number of hydrogen-bond acceptors (Lipinski definition) is 5. The van der Waals surface area contributed by atoms with Crippen LogP contribution >= 0.6 is 0 Å². The van der Waals surface area contributed by atoms with Gasteiger partial charge in [-0.2, -0.15) is 0 Å². The van der Waals surface area contributed by atoms with Crippen LogP contribution in [0.25, 0.3) is 0 Å². The van der Waals surface area contributed by atoms with E-state index in [-0.39, 0.29) is 11.8 Å². The molecule has 158 valence electrons. The van der Waals surface area contributed by atoms with Crippen LogP contribution in [0.5, 0.6) is 0 Å². The summed E-state index contributed by atoms with van der Waals surface area (Å²) in [7, 11) is 0. The molecule has 1 atom stereocenters. The summed E-state index contributed by atoms with van der Waals surface area (Å²) in [5.41, 5.74) is 2.18. The van der Waals surface area contributed by atoms with Crippen molar-refractivity contribution in [2.24, 2.45) is 0 Å². The molecule has 4 rings (SSSR count). The van der Waals surface area contributed by atoms with E-state index < -0.39 is 0 Å². The first-order valence-electron chi connectivity index (χ1n) is 11.1. The van der Waals surface area contributed by atoms with Gasteiger partial charge in [0.05, 0.1) is 12.2 Å². The van der Waals surface area contributed by atoms with E-state index >= 15 is 0 Å². The van der Waals surface area contributed by atoms with E-state index in [2.05, 4.69) is 16.8 Å². The van der Waals surface area contributed by atoms with Gasteiger partial charge in [-0.1, -0.05) is 6.42 Å². The molecule has 0 radical (unpaired) electrons. The molecule has 0 bridgehead atoms. The lowest BCUT2D eigenvalue weighted by atomic mass is 9.95. The molecule has 29 heavy (non-hydrogen) atoms. The molecule has 1 aromatic rings. The first-order chi connectivity index (χ1) is 14.0. The van der Waals surface area contributed by atoms with Crippen molar-refractivity contribution in [2.45, 2.75) is 70.9 Å². The van der Waals surface area contributed by atoms with Crippen LogP contribution in [-0.2, 0) is 22.6 Å². The first-order valence-corrected chi connectivity index (χ1v) is 11.1. The molecule has 2 saturated heterocycles. The third-order valence-electron chi connectivity index (χ3n) is 6.89. The number of likely N-dealkylation sites (tertiary alicyclic amines) is 2. The second-order valence-electron chi connectivity index (χ2n) is 8.86. The van der Waals surface area contributed by atoms with Gasteiger partial charge in [-0.25, -0.2) is 9.97 Å². The average Bonchev–Trinajstić information content (AvgIpc) is 2.74. The van der Waals surface area contributed by atoms with Gasteiger partial charge in [-0.15, -0.1) is 0 Å². The summed E-state index contributed by atoms with van der Waals surface area (Å²) in [6, 6.07) is 0.505. The van der Waals surface area contributed by atoms with Crippen molar-refractivity contribution in [1.29, 1.82) is 0 Å². The van der Waals surface area contributed by atoms with E-state index in [1.165, 1.54) is 19.3 Å². The number of hydrogen-bond donors (Lipinski definition) is 0. The number of amides is 2. The Morgan fingerprint density at radius 2 is 1.86 bits per heavy atom. The second kappa shape index (κ2) is 8.78. The summed E-state index contributed by atoms with van der Waals surface area (Å²) in [5, 5.41) is 0. The number of aromatic nitrogens is 2. The molecule has 3 aliphatic rings. The van der Waals surface area contributed by atoms with E-state index in [4.69, 9.17) is 4.98 Å². The van der Waals surface area contributed by atoms with Gasteiger partial charge in [0.1, 0.15) is 5.82 Å². The van der Waals surface area contributed by atoms with Crippen LogP contribution in [0.15, 0.2) is 6.20 Å². The summed E-state index contributed by atoms with van der Waals surface area (Å²) >= 11 is 0. The van der Waals surface area contributed by atoms with Crippen LogP contribution in [0.2, 0.25) is 0 Å². The molecule has 3 aliphatic heterocycles. The number of carbonyl (C=O) groups excluding carboxylic acids is 2. The van der Waals surface area contributed by atoms with Gasteiger partial charge in [0.2, 0.25) is 11.8 Å². The smallest absolute Gasteiger partial charge is 0.237 e. The molecular formula is C22H33N5O2. The Balaban J connectivity index is 1.35. The topological polar surface area (TPSA) is 69.6 Å². The number of nitrogens with zero attached hydrogens (tertiary/aromatic N) is 5. The van der Waals surface area contributed by atoms with Crippen molar-refractivity contribution < 1.29 is 9.59 Å². The summed E-state index contributed by atoms with van der Waals surface area (Å²) in [5.74, 6) is 1.62. The lowest BCUT2D eigenvalue weighted by molar-refractivity contribution is -0.134. The van der Waals surface area contributed by atoms with E-state index in [9.17, 15) is 9.59 Å². The van der Waals surface area contributed by atoms with Crippen LogP contribution in [-0.4, -0.2) is 75.2 Å². The van der Waals surface area contributed by atoms with Crippen molar-refractivity contribution >= 4 is 11.8 Å². The third-order valence-corrected chi connectivity index (χ3v) is 6.89. The monoisotopic (exact) mass is 399 g/mol. The zero-order valence-electron chi connectivity index (χ0n) is 17.8. The Kier molecular flexibility index (Phi) is 6.13. The van der Waals surface area contributed by atoms with Crippen molar-refractivity contribution in [3.8, 4) is 0 Å². The lowest BCUT2D eigenvalue weighted by Gasteiger charge is -2.36. The highest BCUT2D eigenvalue weighted by Crippen LogP contribution is 2.27. The van der Waals surface area contributed by atoms with Gasteiger partial charge in [0.25, 0.3) is 0 Å². The van der Waals surface area contributed by atoms with Crippen molar-refractivity contribution in [3.63, 3.8) is 0 Å². The maximum absolute atomic E-state index is 12.8. The summed E-state index contributed by atoms with van der Waals surface area (Å²) in [4.78, 5) is 40.1. The Morgan fingerprint density at radius 1 is 1.07 bits per heavy atom. The molecule has 2 amide bonds. The molecule has 7 nitrogen and oxygen atoms in total. The highest BCUT2D eigenvalue weighted by Gasteiger charge is 2.28. The fourth-order valence-corrected chi connectivity index (χ4v) is 4.86. The highest BCUT2D eigenvalue weighted by molar-refractivity contribution is 5.78. The molecule has 4 heterocycles. The second-order valence-corrected chi connectivity index (χ2v) is 8.86. The molecular weight excluding hydrogens is 366 g/mol. The number of carbonyl (C=O) groups is 2. The predicted molar refractivity (Wildman–Crippen MR) is 110 cm³/mol. The fourth-order valence-electron chi connectivity index (χ4n) is 4.86. The minimum absolute atomic E-state index is 0.151. The molecule has 1 unspecified atom stereocenters. The van der Waals surface area contributed by atoms with E-state index in [1.807, 2.05) is 16.0 Å². The first kappa shape index (κ1) is 20.3. The van der Waals surface area contributed by atoms with Gasteiger partial charge >= 0.3 is 0 Å². The molecule has 0 spiro atoms. The molecule has 0 aromatic carbocycles. The lowest BCUT2D eigenvalue weighted by Crippen LogP contribution is -2.47. The highest BCUT2D eigenvalue weighted by atomic mass is 16.2. The molecule has 1 aromatic heterocycles. The zero-order valence-corrected chi connectivity index (χ0v) is 17.8. The average molecular weight is 400 g/mol. The zero-order chi connectivity index (χ0) is 20.4. The fraction of sp³-hybridized carbons (Fsp3) is 0.727. The maximum Gasteiger partial charge on any atom is 0.237 e. The number of fused-ring (bicyclic) bond motifs is 1. The van der Waals surface area contributed by atoms with Crippen LogP contribution in [0.3, 0.4) is 0 Å². The van der Waals surface area contributed by atoms with Crippen molar-refractivity contribution in [2.75, 3.05) is 32.7 Å². The van der Waals surface area contributed by atoms with Crippen LogP contribution in [0, 0.1) is 0 Å². The SMILES string of the molecule is CC(=O)N1CCC(c2ncc3c(n2)CCN(C(=O)CN2CCCCC2C)C3)CC1. The van der Waals surface area contributed by atoms with Gasteiger partial charge in [0, 0.05) is 63.2 Å². The van der Waals surface area contributed by atoms with E-state index in [1.54, 1.807) is 6.92 Å². The van der Waals surface area contributed by atoms with Gasteiger partial charge in [-0.05, 0) is 39.2 Å². The molecule has 7 heteroatoms. The standard InChI is InChI=1S/C22H33N5O2/c1-16-5-3-4-9-26(16)15-21(29)27-12-8-20-19(14-27)13-23-22(24-20)18-6-10-25(11-7-18)17(2)28/h13,16,18H,3-12,14-15H2,1-2H3. The molecule has 0 aliphatic carbocycles. The van der Waals surface area contributed by atoms with Gasteiger partial charge < -0.3 is 9.80 Å². The number of piperidine rings is 2. The molecule has 0 N–H and O–H groups in total. The quantitative estimate of drug-likeness (QED) is 0.777. The van der Waals surface area contributed by atoms with Gasteiger partial charge in [0.15, 0.2) is 0 Å². The normalized spacial score (nSPS) is 23.7. The van der Waals surface area contributed by atoms with Crippen LogP contribution < -0.4 is 0 Å². The molecule has 2 fully saturated rings. The Bertz CT molecular complexity index is 760. The van der Waals surface area contributed by atoms with Crippen LogP contribution in [0.1, 0.15) is 69.0 Å². The summed E-state index contributed by atoms with van der Waals surface area (Å²) in [6.07, 6.45) is 8.25. The van der Waals surface area contributed by atoms with E-state index in [0.29, 0.717) is 25.0 Å². The van der Waals surface area contributed by atoms with Gasteiger partial charge in [-0.3, -0.25) is 14.5 Å². The predicted octanol–water partition coefficient (Wildman–Crippen LogP) is 1.96. The maximum atomic E-state index is 12.8.